The molecule has 1 N–H and O–H groups in total. The van der Waals surface area contributed by atoms with Gasteiger partial charge in [0.05, 0.1) is 0 Å². The van der Waals surface area contributed by atoms with Crippen molar-refractivity contribution in [3.63, 3.8) is 0 Å². The molecular formula is C16H27N3O. The van der Waals surface area contributed by atoms with E-state index in [4.69, 9.17) is 14.7 Å². The Labute approximate surface area is 122 Å². The second-order valence-electron chi connectivity index (χ2n) is 5.74. The lowest BCUT2D eigenvalue weighted by molar-refractivity contribution is -0.00910. The normalized spacial score (nSPS) is 17.4. The molecule has 1 aliphatic rings. The number of ether oxygens (including phenoxy) is 1. The van der Waals surface area contributed by atoms with E-state index in [9.17, 15) is 0 Å². The van der Waals surface area contributed by atoms with Crippen LogP contribution in [0.5, 0.6) is 0 Å². The summed E-state index contributed by atoms with van der Waals surface area (Å²) in [6.07, 6.45) is 6.60. The van der Waals surface area contributed by atoms with E-state index in [0.29, 0.717) is 0 Å². The van der Waals surface area contributed by atoms with Crippen LogP contribution in [0.3, 0.4) is 0 Å². The van der Waals surface area contributed by atoms with Crippen molar-refractivity contribution in [2.75, 3.05) is 19.0 Å². The first-order valence-corrected chi connectivity index (χ1v) is 7.84. The van der Waals surface area contributed by atoms with Gasteiger partial charge in [-0.2, -0.15) is 0 Å². The molecule has 0 bridgehead atoms. The summed E-state index contributed by atoms with van der Waals surface area (Å²) in [5, 5.41) is 3.48. The highest BCUT2D eigenvalue weighted by atomic mass is 16.5. The lowest BCUT2D eigenvalue weighted by Crippen LogP contribution is -2.28. The van der Waals surface area contributed by atoms with Gasteiger partial charge in [0.25, 0.3) is 0 Å². The van der Waals surface area contributed by atoms with Crippen LogP contribution in [0.15, 0.2) is 0 Å². The molecule has 2 rings (SSSR count). The van der Waals surface area contributed by atoms with E-state index in [1.807, 2.05) is 0 Å². The Morgan fingerprint density at radius 2 is 1.95 bits per heavy atom. The standard InChI is InChI=1S/C16H27N3O/c1-5-11-17-14-12-9-7-8-10-13(12)18-15(19-14)16(3,6-2)20-4/h5-11H2,1-4H3,(H,17,18,19). The maximum atomic E-state index is 5.67. The predicted octanol–water partition coefficient (Wildman–Crippen LogP) is 3.45. The van der Waals surface area contributed by atoms with Crippen LogP contribution in [0.2, 0.25) is 0 Å². The van der Waals surface area contributed by atoms with E-state index in [-0.39, 0.29) is 0 Å². The average molecular weight is 277 g/mol. The molecule has 0 fully saturated rings. The van der Waals surface area contributed by atoms with E-state index in [2.05, 4.69) is 26.1 Å². The Hall–Kier alpha value is -1.16. The first-order valence-electron chi connectivity index (χ1n) is 7.84. The van der Waals surface area contributed by atoms with Crippen LogP contribution < -0.4 is 5.32 Å². The van der Waals surface area contributed by atoms with Gasteiger partial charge in [-0.1, -0.05) is 13.8 Å². The van der Waals surface area contributed by atoms with Gasteiger partial charge in [0.15, 0.2) is 5.82 Å². The number of rotatable bonds is 6. The quantitative estimate of drug-likeness (QED) is 0.865. The van der Waals surface area contributed by atoms with Crippen molar-refractivity contribution in [3.05, 3.63) is 17.1 Å². The fourth-order valence-corrected chi connectivity index (χ4v) is 2.61. The molecule has 20 heavy (non-hydrogen) atoms. The Morgan fingerprint density at radius 1 is 1.20 bits per heavy atom. The number of nitrogens with zero attached hydrogens (tertiary/aromatic N) is 2. The molecule has 0 amide bonds. The van der Waals surface area contributed by atoms with E-state index < -0.39 is 5.60 Å². The molecule has 4 heteroatoms. The van der Waals surface area contributed by atoms with Crippen molar-refractivity contribution in [2.45, 2.75) is 64.9 Å². The summed E-state index contributed by atoms with van der Waals surface area (Å²) in [5.41, 5.74) is 2.15. The van der Waals surface area contributed by atoms with E-state index in [1.54, 1.807) is 7.11 Å². The van der Waals surface area contributed by atoms with Gasteiger partial charge in [0.2, 0.25) is 0 Å². The fourth-order valence-electron chi connectivity index (χ4n) is 2.61. The summed E-state index contributed by atoms with van der Waals surface area (Å²) < 4.78 is 5.67. The highest BCUT2D eigenvalue weighted by Crippen LogP contribution is 2.31. The maximum Gasteiger partial charge on any atom is 0.162 e. The highest BCUT2D eigenvalue weighted by Gasteiger charge is 2.30. The van der Waals surface area contributed by atoms with Crippen molar-refractivity contribution < 1.29 is 4.74 Å². The van der Waals surface area contributed by atoms with Crippen molar-refractivity contribution in [3.8, 4) is 0 Å². The minimum Gasteiger partial charge on any atom is -0.371 e. The first kappa shape index (κ1) is 15.2. The van der Waals surface area contributed by atoms with Crippen molar-refractivity contribution >= 4 is 5.82 Å². The van der Waals surface area contributed by atoms with Crippen LogP contribution >= 0.6 is 0 Å². The molecule has 1 unspecified atom stereocenters. The molecule has 0 aromatic carbocycles. The molecule has 112 valence electrons. The summed E-state index contributed by atoms with van der Waals surface area (Å²) in [6, 6.07) is 0. The number of hydrogen-bond donors (Lipinski definition) is 1. The number of aryl methyl sites for hydroxylation is 1. The van der Waals surface area contributed by atoms with Crippen LogP contribution in [0.4, 0.5) is 5.82 Å². The fraction of sp³-hybridized carbons (Fsp3) is 0.750. The van der Waals surface area contributed by atoms with Gasteiger partial charge < -0.3 is 10.1 Å². The Kier molecular flexibility index (Phi) is 4.97. The summed E-state index contributed by atoms with van der Waals surface area (Å²) in [4.78, 5) is 9.61. The number of aromatic nitrogens is 2. The molecular weight excluding hydrogens is 250 g/mol. The number of nitrogens with one attached hydrogen (secondary N) is 1. The molecule has 1 atom stereocenters. The van der Waals surface area contributed by atoms with Crippen LogP contribution in [0, 0.1) is 0 Å². The molecule has 0 saturated carbocycles. The zero-order chi connectivity index (χ0) is 14.6. The highest BCUT2D eigenvalue weighted by molar-refractivity contribution is 5.48. The largest absolute Gasteiger partial charge is 0.371 e. The van der Waals surface area contributed by atoms with Crippen molar-refractivity contribution in [2.24, 2.45) is 0 Å². The van der Waals surface area contributed by atoms with Gasteiger partial charge in [-0.3, -0.25) is 0 Å². The maximum absolute atomic E-state index is 5.67. The third-order valence-electron chi connectivity index (χ3n) is 4.32. The second kappa shape index (κ2) is 6.53. The van der Waals surface area contributed by atoms with E-state index in [0.717, 1.165) is 43.9 Å². The van der Waals surface area contributed by atoms with Crippen LogP contribution in [0.1, 0.15) is 63.5 Å². The van der Waals surface area contributed by atoms with Gasteiger partial charge in [-0.05, 0) is 45.4 Å². The topological polar surface area (TPSA) is 47.0 Å². The monoisotopic (exact) mass is 277 g/mol. The molecule has 1 aliphatic carbocycles. The Morgan fingerprint density at radius 3 is 2.60 bits per heavy atom. The third-order valence-corrected chi connectivity index (χ3v) is 4.32. The summed E-state index contributed by atoms with van der Waals surface area (Å²) in [6.45, 7) is 7.32. The molecule has 0 radical (unpaired) electrons. The lowest BCUT2D eigenvalue weighted by atomic mass is 9.94. The Balaban J connectivity index is 2.43. The van der Waals surface area contributed by atoms with E-state index >= 15 is 0 Å². The zero-order valence-corrected chi connectivity index (χ0v) is 13.3. The summed E-state index contributed by atoms with van der Waals surface area (Å²) in [7, 11) is 1.74. The summed E-state index contributed by atoms with van der Waals surface area (Å²) in [5.74, 6) is 1.85. The van der Waals surface area contributed by atoms with Crippen LogP contribution in [0.25, 0.3) is 0 Å². The van der Waals surface area contributed by atoms with Crippen LogP contribution in [-0.2, 0) is 23.2 Å². The number of hydrogen-bond acceptors (Lipinski definition) is 4. The van der Waals surface area contributed by atoms with Gasteiger partial charge in [0, 0.05) is 24.9 Å². The average Bonchev–Trinajstić information content (AvgIpc) is 2.51. The smallest absolute Gasteiger partial charge is 0.162 e. The molecule has 0 saturated heterocycles. The first-order chi connectivity index (χ1) is 9.64. The van der Waals surface area contributed by atoms with Crippen molar-refractivity contribution in [1.29, 1.82) is 0 Å². The molecule has 0 aliphatic heterocycles. The van der Waals surface area contributed by atoms with Crippen molar-refractivity contribution in [1.82, 2.24) is 9.97 Å². The van der Waals surface area contributed by atoms with Gasteiger partial charge >= 0.3 is 0 Å². The molecule has 1 aromatic rings. The molecule has 1 aromatic heterocycles. The number of fused-ring (bicyclic) bond motifs is 1. The van der Waals surface area contributed by atoms with Gasteiger partial charge in [0.1, 0.15) is 11.4 Å². The van der Waals surface area contributed by atoms with Gasteiger partial charge in [-0.15, -0.1) is 0 Å². The minimum absolute atomic E-state index is 0.394. The second-order valence-corrected chi connectivity index (χ2v) is 5.74. The zero-order valence-electron chi connectivity index (χ0n) is 13.3. The minimum atomic E-state index is -0.394. The van der Waals surface area contributed by atoms with Gasteiger partial charge in [-0.25, -0.2) is 9.97 Å². The number of anilines is 1. The number of methoxy groups -OCH3 is 1. The third kappa shape index (κ3) is 2.95. The van der Waals surface area contributed by atoms with E-state index in [1.165, 1.54) is 24.1 Å². The lowest BCUT2D eigenvalue weighted by Gasteiger charge is -2.28. The predicted molar refractivity (Wildman–Crippen MR) is 82.1 cm³/mol. The molecule has 0 spiro atoms. The molecule has 4 nitrogen and oxygen atoms in total. The summed E-state index contributed by atoms with van der Waals surface area (Å²) >= 11 is 0. The molecule has 1 heterocycles. The Bertz CT molecular complexity index is 455. The SMILES string of the molecule is CCCNc1nc(C(C)(CC)OC)nc2c1CCCC2. The van der Waals surface area contributed by atoms with Crippen LogP contribution in [-0.4, -0.2) is 23.6 Å².